The van der Waals surface area contributed by atoms with Gasteiger partial charge in [-0.25, -0.2) is 9.97 Å². The van der Waals surface area contributed by atoms with Crippen molar-refractivity contribution in [3.05, 3.63) is 84.7 Å². The molecule has 3 aromatic carbocycles. The van der Waals surface area contributed by atoms with E-state index in [0.717, 1.165) is 33.7 Å². The minimum Gasteiger partial charge on any atom is -0.496 e. The van der Waals surface area contributed by atoms with Crippen LogP contribution in [-0.4, -0.2) is 17.1 Å². The molecular formula is C22H20ClN3O2. The molecule has 0 atom stereocenters. The number of anilines is 2. The number of hydrogen-bond acceptors (Lipinski definition) is 5. The maximum Gasteiger partial charge on any atom is 0.145 e. The van der Waals surface area contributed by atoms with Crippen LogP contribution in [0.3, 0.4) is 0 Å². The smallest absolute Gasteiger partial charge is 0.145 e. The topological polar surface area (TPSA) is 56.3 Å². The molecule has 0 fully saturated rings. The number of hydrogen-bond donors (Lipinski definition) is 1. The minimum atomic E-state index is 0. The Balaban J connectivity index is 0.00000225. The highest BCUT2D eigenvalue weighted by molar-refractivity contribution is 5.95. The van der Waals surface area contributed by atoms with Gasteiger partial charge in [-0.1, -0.05) is 36.4 Å². The van der Waals surface area contributed by atoms with E-state index < -0.39 is 0 Å². The quantitative estimate of drug-likeness (QED) is 0.476. The van der Waals surface area contributed by atoms with Crippen molar-refractivity contribution >= 4 is 34.8 Å². The molecule has 142 valence electrons. The molecule has 0 unspecified atom stereocenters. The zero-order chi connectivity index (χ0) is 18.5. The number of benzene rings is 3. The number of ether oxygens (including phenoxy) is 2. The van der Waals surface area contributed by atoms with Gasteiger partial charge in [0.05, 0.1) is 18.0 Å². The Morgan fingerprint density at radius 1 is 0.857 bits per heavy atom. The molecule has 0 saturated heterocycles. The molecule has 1 aromatic heterocycles. The van der Waals surface area contributed by atoms with Crippen LogP contribution >= 0.6 is 12.4 Å². The first-order valence-corrected chi connectivity index (χ1v) is 8.65. The molecule has 4 rings (SSSR count). The van der Waals surface area contributed by atoms with Gasteiger partial charge in [-0.05, 0) is 42.0 Å². The van der Waals surface area contributed by atoms with Crippen molar-refractivity contribution in [2.24, 2.45) is 0 Å². The van der Waals surface area contributed by atoms with Gasteiger partial charge in [-0.15, -0.1) is 12.4 Å². The van der Waals surface area contributed by atoms with Gasteiger partial charge in [-0.2, -0.15) is 0 Å². The Hall–Kier alpha value is -3.31. The van der Waals surface area contributed by atoms with E-state index in [0.29, 0.717) is 12.4 Å². The van der Waals surface area contributed by atoms with Crippen LogP contribution in [0.1, 0.15) is 5.56 Å². The van der Waals surface area contributed by atoms with Crippen LogP contribution in [0.25, 0.3) is 10.9 Å². The summed E-state index contributed by atoms with van der Waals surface area (Å²) >= 11 is 0. The Bertz CT molecular complexity index is 1040. The fraction of sp³-hybridized carbons (Fsp3) is 0.0909. The lowest BCUT2D eigenvalue weighted by atomic mass is 10.2. The molecule has 4 aromatic rings. The molecule has 0 aliphatic carbocycles. The second-order valence-electron chi connectivity index (χ2n) is 6.00. The molecule has 0 saturated carbocycles. The zero-order valence-electron chi connectivity index (χ0n) is 15.3. The van der Waals surface area contributed by atoms with Crippen molar-refractivity contribution in [1.29, 1.82) is 0 Å². The summed E-state index contributed by atoms with van der Waals surface area (Å²) < 4.78 is 11.3. The maximum atomic E-state index is 5.83. The van der Waals surface area contributed by atoms with Crippen LogP contribution in [0.2, 0.25) is 0 Å². The summed E-state index contributed by atoms with van der Waals surface area (Å²) in [6.07, 6.45) is 1.54. The van der Waals surface area contributed by atoms with E-state index in [1.807, 2.05) is 72.8 Å². The second-order valence-corrected chi connectivity index (χ2v) is 6.00. The van der Waals surface area contributed by atoms with Gasteiger partial charge in [0.2, 0.25) is 0 Å². The SMILES string of the molecule is COc1cccc2ncnc(Nc3ccc(OCc4ccccc4)cc3)c12.Cl. The standard InChI is InChI=1S/C22H19N3O2.ClH/c1-26-20-9-5-8-19-21(20)22(24-15-23-19)25-17-10-12-18(13-11-17)27-14-16-6-3-2-4-7-16;/h2-13,15H,14H2,1H3,(H,23,24,25);1H. The van der Waals surface area contributed by atoms with Crippen LogP contribution in [0.4, 0.5) is 11.5 Å². The molecule has 0 aliphatic rings. The lowest BCUT2D eigenvalue weighted by molar-refractivity contribution is 0.306. The average Bonchev–Trinajstić information content (AvgIpc) is 2.74. The summed E-state index contributed by atoms with van der Waals surface area (Å²) in [6, 6.07) is 23.6. The Kier molecular flexibility index (Phi) is 6.29. The molecule has 28 heavy (non-hydrogen) atoms. The van der Waals surface area contributed by atoms with Crippen LogP contribution in [-0.2, 0) is 6.61 Å². The van der Waals surface area contributed by atoms with E-state index in [2.05, 4.69) is 15.3 Å². The van der Waals surface area contributed by atoms with Gasteiger partial charge in [0.25, 0.3) is 0 Å². The van der Waals surface area contributed by atoms with Crippen molar-refractivity contribution in [3.63, 3.8) is 0 Å². The molecule has 1 heterocycles. The van der Waals surface area contributed by atoms with E-state index in [1.54, 1.807) is 13.4 Å². The summed E-state index contributed by atoms with van der Waals surface area (Å²) in [4.78, 5) is 8.68. The monoisotopic (exact) mass is 393 g/mol. The van der Waals surface area contributed by atoms with Crippen molar-refractivity contribution < 1.29 is 9.47 Å². The molecule has 1 N–H and O–H groups in total. The fourth-order valence-electron chi connectivity index (χ4n) is 2.86. The highest BCUT2D eigenvalue weighted by atomic mass is 35.5. The molecule has 0 bridgehead atoms. The average molecular weight is 394 g/mol. The summed E-state index contributed by atoms with van der Waals surface area (Å²) in [5.74, 6) is 2.25. The molecule has 0 spiro atoms. The van der Waals surface area contributed by atoms with Gasteiger partial charge >= 0.3 is 0 Å². The lowest BCUT2D eigenvalue weighted by Gasteiger charge is -2.12. The molecule has 0 amide bonds. The predicted molar refractivity (Wildman–Crippen MR) is 114 cm³/mol. The third-order valence-corrected chi connectivity index (χ3v) is 4.21. The second kappa shape index (κ2) is 9.06. The highest BCUT2D eigenvalue weighted by Gasteiger charge is 2.09. The normalized spacial score (nSPS) is 10.2. The largest absolute Gasteiger partial charge is 0.496 e. The van der Waals surface area contributed by atoms with Crippen LogP contribution in [0.5, 0.6) is 11.5 Å². The number of aromatic nitrogens is 2. The molecule has 5 nitrogen and oxygen atoms in total. The van der Waals surface area contributed by atoms with Crippen molar-refractivity contribution in [2.75, 3.05) is 12.4 Å². The molecular weight excluding hydrogens is 374 g/mol. The first kappa shape index (κ1) is 19.5. The van der Waals surface area contributed by atoms with Gasteiger partial charge in [-0.3, -0.25) is 0 Å². The third-order valence-electron chi connectivity index (χ3n) is 4.21. The summed E-state index contributed by atoms with van der Waals surface area (Å²) in [7, 11) is 1.64. The number of halogens is 1. The number of nitrogens with zero attached hydrogens (tertiary/aromatic N) is 2. The first-order chi connectivity index (χ1) is 13.3. The lowest BCUT2D eigenvalue weighted by Crippen LogP contribution is -1.98. The summed E-state index contributed by atoms with van der Waals surface area (Å²) in [6.45, 7) is 0.543. The zero-order valence-corrected chi connectivity index (χ0v) is 16.1. The van der Waals surface area contributed by atoms with Crippen LogP contribution in [0.15, 0.2) is 79.1 Å². The van der Waals surface area contributed by atoms with Gasteiger partial charge < -0.3 is 14.8 Å². The molecule has 6 heteroatoms. The van der Waals surface area contributed by atoms with E-state index in [4.69, 9.17) is 9.47 Å². The molecule has 0 aliphatic heterocycles. The van der Waals surface area contributed by atoms with Crippen LogP contribution < -0.4 is 14.8 Å². The van der Waals surface area contributed by atoms with Gasteiger partial charge in [0, 0.05) is 5.69 Å². The number of nitrogens with one attached hydrogen (secondary N) is 1. The Morgan fingerprint density at radius 2 is 1.64 bits per heavy atom. The minimum absolute atomic E-state index is 0. The Morgan fingerprint density at radius 3 is 2.39 bits per heavy atom. The fourth-order valence-corrected chi connectivity index (χ4v) is 2.86. The maximum absolute atomic E-state index is 5.83. The van der Waals surface area contributed by atoms with Crippen molar-refractivity contribution in [2.45, 2.75) is 6.61 Å². The van der Waals surface area contributed by atoms with Gasteiger partial charge in [0.15, 0.2) is 0 Å². The Labute approximate surface area is 169 Å². The molecule has 0 radical (unpaired) electrons. The van der Waals surface area contributed by atoms with Crippen molar-refractivity contribution in [1.82, 2.24) is 9.97 Å². The van der Waals surface area contributed by atoms with Gasteiger partial charge in [0.1, 0.15) is 30.3 Å². The summed E-state index contributed by atoms with van der Waals surface area (Å²) in [5.41, 5.74) is 2.88. The highest BCUT2D eigenvalue weighted by Crippen LogP contribution is 2.31. The number of rotatable bonds is 6. The predicted octanol–water partition coefficient (Wildman–Crippen LogP) is 5.38. The van der Waals surface area contributed by atoms with E-state index >= 15 is 0 Å². The summed E-state index contributed by atoms with van der Waals surface area (Å²) in [5, 5.41) is 4.19. The van der Waals surface area contributed by atoms with E-state index in [-0.39, 0.29) is 12.4 Å². The number of methoxy groups -OCH3 is 1. The van der Waals surface area contributed by atoms with E-state index in [1.165, 1.54) is 0 Å². The van der Waals surface area contributed by atoms with E-state index in [9.17, 15) is 0 Å². The van der Waals surface area contributed by atoms with Crippen molar-refractivity contribution in [3.8, 4) is 11.5 Å². The number of fused-ring (bicyclic) bond motifs is 1. The third kappa shape index (κ3) is 4.32. The first-order valence-electron chi connectivity index (χ1n) is 8.65. The van der Waals surface area contributed by atoms with Crippen LogP contribution in [0, 0.1) is 0 Å².